The molecule has 0 aliphatic heterocycles. The summed E-state index contributed by atoms with van der Waals surface area (Å²) >= 11 is 7.10. The van der Waals surface area contributed by atoms with Crippen LogP contribution in [0.2, 0.25) is 0 Å². The molecule has 0 aromatic heterocycles. The summed E-state index contributed by atoms with van der Waals surface area (Å²) in [5.74, 6) is 1.64. The molecule has 0 atom stereocenters. The molecule has 0 spiro atoms. The van der Waals surface area contributed by atoms with Crippen molar-refractivity contribution in [1.29, 1.82) is 0 Å². The van der Waals surface area contributed by atoms with Crippen LogP contribution >= 0.6 is 31.9 Å². The average Bonchev–Trinajstić information content (AvgIpc) is 2.41. The third kappa shape index (κ3) is 4.81. The second kappa shape index (κ2) is 8.05. The van der Waals surface area contributed by atoms with Crippen LogP contribution in [0.1, 0.15) is 20.3 Å². The van der Waals surface area contributed by atoms with Crippen LogP contribution in [0.5, 0.6) is 11.5 Å². The van der Waals surface area contributed by atoms with Crippen molar-refractivity contribution in [2.24, 2.45) is 5.41 Å². The molecule has 0 fully saturated rings. The number of para-hydroxylation sites is 2. The van der Waals surface area contributed by atoms with Gasteiger partial charge < -0.3 is 9.47 Å². The molecule has 0 heterocycles. The first-order valence-corrected chi connectivity index (χ1v) is 8.36. The van der Waals surface area contributed by atoms with Gasteiger partial charge in [0.15, 0.2) is 11.5 Å². The van der Waals surface area contributed by atoms with Crippen LogP contribution in [0.25, 0.3) is 0 Å². The molecule has 1 rings (SSSR count). The number of hydrogen-bond acceptors (Lipinski definition) is 2. The third-order valence-electron chi connectivity index (χ3n) is 2.76. The second-order valence-corrected chi connectivity index (χ2v) is 5.68. The van der Waals surface area contributed by atoms with E-state index in [0.717, 1.165) is 28.6 Å². The van der Waals surface area contributed by atoms with Gasteiger partial charge in [0.05, 0.1) is 13.2 Å². The lowest BCUT2D eigenvalue weighted by Crippen LogP contribution is -2.23. The number of benzene rings is 1. The van der Waals surface area contributed by atoms with Gasteiger partial charge in [0.1, 0.15) is 0 Å². The first-order chi connectivity index (χ1) is 8.65. The molecule has 0 aliphatic rings. The summed E-state index contributed by atoms with van der Waals surface area (Å²) < 4.78 is 11.4. The highest BCUT2D eigenvalue weighted by Crippen LogP contribution is 2.29. The van der Waals surface area contributed by atoms with E-state index in [1.54, 1.807) is 0 Å². The maximum atomic E-state index is 5.82. The molecule has 0 aliphatic carbocycles. The van der Waals surface area contributed by atoms with E-state index in [4.69, 9.17) is 9.47 Å². The van der Waals surface area contributed by atoms with E-state index in [0.29, 0.717) is 13.2 Å². The second-order valence-electron chi connectivity index (χ2n) is 4.56. The maximum absolute atomic E-state index is 5.82. The molecular formula is C14H20Br2O2. The van der Waals surface area contributed by atoms with Gasteiger partial charge in [0.25, 0.3) is 0 Å². The Hall–Kier alpha value is -0.220. The summed E-state index contributed by atoms with van der Waals surface area (Å²) in [6.07, 6.45) is 0.990. The highest BCUT2D eigenvalue weighted by molar-refractivity contribution is 9.09. The Morgan fingerprint density at radius 3 is 2.11 bits per heavy atom. The van der Waals surface area contributed by atoms with Crippen molar-refractivity contribution in [3.8, 4) is 11.5 Å². The van der Waals surface area contributed by atoms with Crippen molar-refractivity contribution in [2.75, 3.05) is 23.9 Å². The molecule has 102 valence electrons. The van der Waals surface area contributed by atoms with Gasteiger partial charge in [-0.25, -0.2) is 0 Å². The number of rotatable bonds is 8. The molecule has 0 bridgehead atoms. The van der Waals surface area contributed by atoms with E-state index in [1.807, 2.05) is 31.2 Å². The highest BCUT2D eigenvalue weighted by Gasteiger charge is 2.21. The van der Waals surface area contributed by atoms with Gasteiger partial charge in [0, 0.05) is 10.7 Å². The Bertz CT molecular complexity index is 351. The summed E-state index contributed by atoms with van der Waals surface area (Å²) in [4.78, 5) is 0. The molecule has 4 heteroatoms. The van der Waals surface area contributed by atoms with E-state index >= 15 is 0 Å². The standard InChI is InChI=1S/C14H20Br2O2/c1-3-17-12-6-4-5-7-13(12)18-9-8-14(2,10-15)11-16/h4-7H,3,8-11H2,1-2H3. The smallest absolute Gasteiger partial charge is 0.161 e. The predicted molar refractivity (Wildman–Crippen MR) is 83.4 cm³/mol. The van der Waals surface area contributed by atoms with Crippen molar-refractivity contribution in [2.45, 2.75) is 20.3 Å². The van der Waals surface area contributed by atoms with Crippen LogP contribution in [-0.4, -0.2) is 23.9 Å². The molecule has 0 radical (unpaired) electrons. The summed E-state index contributed by atoms with van der Waals surface area (Å²) in [6.45, 7) is 5.55. The summed E-state index contributed by atoms with van der Waals surface area (Å²) in [5.41, 5.74) is 0.223. The minimum Gasteiger partial charge on any atom is -0.490 e. The zero-order valence-corrected chi connectivity index (χ0v) is 14.1. The Morgan fingerprint density at radius 2 is 1.61 bits per heavy atom. The summed E-state index contributed by atoms with van der Waals surface area (Å²) in [5, 5.41) is 1.92. The molecule has 1 aromatic rings. The molecule has 1 aromatic carbocycles. The van der Waals surface area contributed by atoms with Crippen LogP contribution in [0.4, 0.5) is 0 Å². The molecule has 0 N–H and O–H groups in total. The van der Waals surface area contributed by atoms with Crippen molar-refractivity contribution in [1.82, 2.24) is 0 Å². The summed E-state index contributed by atoms with van der Waals surface area (Å²) in [7, 11) is 0. The van der Waals surface area contributed by atoms with Crippen LogP contribution in [-0.2, 0) is 0 Å². The van der Waals surface area contributed by atoms with Crippen LogP contribution < -0.4 is 9.47 Å². The first-order valence-electron chi connectivity index (χ1n) is 6.12. The molecule has 2 nitrogen and oxygen atoms in total. The molecule has 0 amide bonds. The van der Waals surface area contributed by atoms with Crippen molar-refractivity contribution in [3.63, 3.8) is 0 Å². The minimum atomic E-state index is 0.223. The third-order valence-corrected chi connectivity index (χ3v) is 5.46. The van der Waals surface area contributed by atoms with Crippen molar-refractivity contribution < 1.29 is 9.47 Å². The lowest BCUT2D eigenvalue weighted by molar-refractivity contribution is 0.235. The quantitative estimate of drug-likeness (QED) is 0.612. The highest BCUT2D eigenvalue weighted by atomic mass is 79.9. The fourth-order valence-electron chi connectivity index (χ4n) is 1.42. The Labute approximate surface area is 126 Å². The van der Waals surface area contributed by atoms with Gasteiger partial charge in [-0.1, -0.05) is 50.9 Å². The van der Waals surface area contributed by atoms with Crippen LogP contribution in [0.3, 0.4) is 0 Å². The SMILES string of the molecule is CCOc1ccccc1OCCC(C)(CBr)CBr. The minimum absolute atomic E-state index is 0.223. The number of halogens is 2. The zero-order valence-electron chi connectivity index (χ0n) is 10.9. The first kappa shape index (κ1) is 15.8. The molecular weight excluding hydrogens is 360 g/mol. The van der Waals surface area contributed by atoms with E-state index < -0.39 is 0 Å². The fraction of sp³-hybridized carbons (Fsp3) is 0.571. The van der Waals surface area contributed by atoms with Gasteiger partial charge in [-0.3, -0.25) is 0 Å². The fourth-order valence-corrected chi connectivity index (χ4v) is 2.91. The van der Waals surface area contributed by atoms with Gasteiger partial charge in [-0.2, -0.15) is 0 Å². The average molecular weight is 380 g/mol. The van der Waals surface area contributed by atoms with Gasteiger partial charge >= 0.3 is 0 Å². The molecule has 18 heavy (non-hydrogen) atoms. The van der Waals surface area contributed by atoms with Crippen LogP contribution in [0, 0.1) is 5.41 Å². The van der Waals surface area contributed by atoms with Gasteiger partial charge in [-0.05, 0) is 30.9 Å². The van der Waals surface area contributed by atoms with Gasteiger partial charge in [0.2, 0.25) is 0 Å². The van der Waals surface area contributed by atoms with E-state index in [-0.39, 0.29) is 5.41 Å². The topological polar surface area (TPSA) is 18.5 Å². The zero-order chi connectivity index (χ0) is 13.4. The van der Waals surface area contributed by atoms with E-state index in [1.165, 1.54) is 0 Å². The lowest BCUT2D eigenvalue weighted by atomic mass is 9.93. The number of alkyl halides is 2. The molecule has 0 unspecified atom stereocenters. The summed E-state index contributed by atoms with van der Waals surface area (Å²) in [6, 6.07) is 7.81. The van der Waals surface area contributed by atoms with Crippen molar-refractivity contribution in [3.05, 3.63) is 24.3 Å². The predicted octanol–water partition coefficient (Wildman–Crippen LogP) is 4.65. The van der Waals surface area contributed by atoms with Crippen molar-refractivity contribution >= 4 is 31.9 Å². The Balaban J connectivity index is 2.53. The monoisotopic (exact) mass is 378 g/mol. The Kier molecular flexibility index (Phi) is 7.08. The van der Waals surface area contributed by atoms with E-state index in [9.17, 15) is 0 Å². The molecule has 0 saturated heterocycles. The van der Waals surface area contributed by atoms with E-state index in [2.05, 4.69) is 38.8 Å². The maximum Gasteiger partial charge on any atom is 0.161 e. The van der Waals surface area contributed by atoms with Gasteiger partial charge in [-0.15, -0.1) is 0 Å². The normalized spacial score (nSPS) is 11.3. The number of hydrogen-bond donors (Lipinski definition) is 0. The molecule has 0 saturated carbocycles. The lowest BCUT2D eigenvalue weighted by Gasteiger charge is -2.24. The Morgan fingerprint density at radius 1 is 1.06 bits per heavy atom. The number of ether oxygens (including phenoxy) is 2. The largest absolute Gasteiger partial charge is 0.490 e. The van der Waals surface area contributed by atoms with Crippen LogP contribution in [0.15, 0.2) is 24.3 Å².